The summed E-state index contributed by atoms with van der Waals surface area (Å²) < 4.78 is 5.04. The zero-order valence-corrected chi connectivity index (χ0v) is 6.49. The predicted octanol–water partition coefficient (Wildman–Crippen LogP) is -3.60. The number of hydrogen-bond donors (Lipinski definition) is 2. The average molecular weight is 177 g/mol. The van der Waals surface area contributed by atoms with E-state index in [0.29, 0.717) is 0 Å². The number of carbonyl (C=O) groups excluding carboxylic acids is 1. The molecule has 0 aliphatic carbocycles. The Balaban J connectivity index is 0.000000202. The van der Waals surface area contributed by atoms with Crippen LogP contribution < -0.4 is 10.4 Å². The second-order valence-electron chi connectivity index (χ2n) is 2.07. The lowest BCUT2D eigenvalue weighted by Crippen LogP contribution is -2.87. The maximum Gasteiger partial charge on any atom is 0.351 e. The van der Waals surface area contributed by atoms with Gasteiger partial charge in [0.25, 0.3) is 0 Å². The summed E-state index contributed by atoms with van der Waals surface area (Å²) in [5, 5.41) is 18.6. The van der Waals surface area contributed by atoms with Crippen molar-refractivity contribution in [3.8, 4) is 0 Å². The summed E-state index contributed by atoms with van der Waals surface area (Å²) in [5.74, 6) is -4.01. The minimum atomic E-state index is -2.07. The fourth-order valence-electron chi connectivity index (χ4n) is 0.580. The second-order valence-corrected chi connectivity index (χ2v) is 2.07. The molecule has 1 heterocycles. The standard InChI is InChI=1S/C4H9NO.C2H2O4/c1-3-6-4-2-5-1;3-1(4)2(5)6/h5H,1-4H2;(H,3,4)(H,5,6). The molecule has 12 heavy (non-hydrogen) atoms. The van der Waals surface area contributed by atoms with E-state index >= 15 is 0 Å². The maximum atomic E-state index is 9.04. The first kappa shape index (κ1) is 10.9. The van der Waals surface area contributed by atoms with Crippen LogP contribution in [0, 0.1) is 0 Å². The van der Waals surface area contributed by atoms with Gasteiger partial charge in [0.05, 0.1) is 26.3 Å². The van der Waals surface area contributed by atoms with Crippen LogP contribution in [0.1, 0.15) is 0 Å². The fourth-order valence-corrected chi connectivity index (χ4v) is 0.580. The molecule has 0 amide bonds. The number of aliphatic carboxylic acids is 2. The predicted molar refractivity (Wildman–Crippen MR) is 35.1 cm³/mol. The van der Waals surface area contributed by atoms with Crippen molar-refractivity contribution in [1.82, 2.24) is 0 Å². The molecular formula is C6H11NO5. The molecule has 0 saturated carbocycles. The van der Waals surface area contributed by atoms with Crippen molar-refractivity contribution in [3.05, 3.63) is 0 Å². The Bertz CT molecular complexity index is 131. The van der Waals surface area contributed by atoms with Crippen LogP contribution in [-0.4, -0.2) is 43.3 Å². The Morgan fingerprint density at radius 2 is 1.75 bits per heavy atom. The van der Waals surface area contributed by atoms with E-state index < -0.39 is 11.9 Å². The molecule has 0 aromatic carbocycles. The van der Waals surface area contributed by atoms with Gasteiger partial charge in [-0.15, -0.1) is 0 Å². The monoisotopic (exact) mass is 177 g/mol. The van der Waals surface area contributed by atoms with Crippen LogP contribution in [-0.2, 0) is 14.3 Å². The smallest absolute Gasteiger partial charge is 0.351 e. The Hall–Kier alpha value is -1.14. The lowest BCUT2D eigenvalue weighted by molar-refractivity contribution is -0.670. The second kappa shape index (κ2) is 6.56. The summed E-state index contributed by atoms with van der Waals surface area (Å²) in [5.41, 5.74) is 0. The Morgan fingerprint density at radius 3 is 1.83 bits per heavy atom. The average Bonchev–Trinajstić information content (AvgIpc) is 2.08. The van der Waals surface area contributed by atoms with E-state index in [1.165, 1.54) is 0 Å². The van der Waals surface area contributed by atoms with Crippen LogP contribution in [0.5, 0.6) is 0 Å². The van der Waals surface area contributed by atoms with E-state index in [1.807, 2.05) is 0 Å². The number of ether oxygens (including phenoxy) is 1. The van der Waals surface area contributed by atoms with E-state index in [1.54, 1.807) is 0 Å². The summed E-state index contributed by atoms with van der Waals surface area (Å²) in [6, 6.07) is 0. The van der Waals surface area contributed by atoms with Crippen molar-refractivity contribution in [2.75, 3.05) is 26.3 Å². The van der Waals surface area contributed by atoms with Crippen molar-refractivity contribution in [2.45, 2.75) is 0 Å². The number of nitrogens with two attached hydrogens (primary N) is 1. The Labute approximate surface area is 69.1 Å². The SMILES string of the molecule is C1COCC[NH2+]1.O=C([O-])C(=O)O. The molecule has 1 aliphatic heterocycles. The molecule has 0 radical (unpaired) electrons. The topological polar surface area (TPSA) is 103 Å². The maximum absolute atomic E-state index is 9.04. The zero-order valence-electron chi connectivity index (χ0n) is 6.49. The number of rotatable bonds is 0. The molecule has 1 fully saturated rings. The third-order valence-electron chi connectivity index (χ3n) is 1.11. The summed E-state index contributed by atoms with van der Waals surface area (Å²) in [4.78, 5) is 18.0. The van der Waals surface area contributed by atoms with Crippen LogP contribution in [0.25, 0.3) is 0 Å². The van der Waals surface area contributed by atoms with Crippen molar-refractivity contribution >= 4 is 11.9 Å². The normalized spacial score (nSPS) is 15.7. The lowest BCUT2D eigenvalue weighted by Gasteiger charge is -2.07. The number of hydrogen-bond acceptors (Lipinski definition) is 4. The molecule has 3 N–H and O–H groups in total. The lowest BCUT2D eigenvalue weighted by atomic mass is 10.5. The Morgan fingerprint density at radius 1 is 1.33 bits per heavy atom. The van der Waals surface area contributed by atoms with Crippen LogP contribution in [0.15, 0.2) is 0 Å². The van der Waals surface area contributed by atoms with Crippen molar-refractivity contribution in [2.24, 2.45) is 0 Å². The molecule has 6 heteroatoms. The molecule has 70 valence electrons. The van der Waals surface area contributed by atoms with E-state index in [2.05, 4.69) is 5.32 Å². The first-order valence-corrected chi connectivity index (χ1v) is 3.48. The summed E-state index contributed by atoms with van der Waals surface area (Å²) >= 11 is 0. The highest BCUT2D eigenvalue weighted by Gasteiger charge is 1.96. The summed E-state index contributed by atoms with van der Waals surface area (Å²) in [7, 11) is 0. The summed E-state index contributed by atoms with van der Waals surface area (Å²) in [6.45, 7) is 4.19. The zero-order chi connectivity index (χ0) is 9.40. The largest absolute Gasteiger partial charge is 0.539 e. The fraction of sp³-hybridized carbons (Fsp3) is 0.667. The Kier molecular flexibility index (Phi) is 5.94. The number of morpholine rings is 1. The van der Waals surface area contributed by atoms with Crippen LogP contribution in [0.4, 0.5) is 0 Å². The summed E-state index contributed by atoms with van der Waals surface area (Å²) in [6.07, 6.45) is 0. The molecule has 0 aromatic rings. The third kappa shape index (κ3) is 6.97. The molecule has 6 nitrogen and oxygen atoms in total. The number of carbonyl (C=O) groups is 2. The van der Waals surface area contributed by atoms with Gasteiger partial charge in [-0.1, -0.05) is 0 Å². The quantitative estimate of drug-likeness (QED) is 0.372. The van der Waals surface area contributed by atoms with Gasteiger partial charge in [0.2, 0.25) is 0 Å². The van der Waals surface area contributed by atoms with Crippen LogP contribution in [0.3, 0.4) is 0 Å². The van der Waals surface area contributed by atoms with Gasteiger partial charge in [-0.25, -0.2) is 4.79 Å². The number of carboxylic acid groups (broad SMARTS) is 2. The van der Waals surface area contributed by atoms with Gasteiger partial charge < -0.3 is 25.1 Å². The molecule has 0 unspecified atom stereocenters. The molecule has 0 bridgehead atoms. The molecule has 0 spiro atoms. The van der Waals surface area contributed by atoms with Gasteiger partial charge in [-0.2, -0.15) is 0 Å². The van der Waals surface area contributed by atoms with Crippen molar-refractivity contribution in [1.29, 1.82) is 0 Å². The molecule has 1 rings (SSSR count). The van der Waals surface area contributed by atoms with Crippen molar-refractivity contribution < 1.29 is 29.9 Å². The minimum Gasteiger partial charge on any atom is -0.539 e. The van der Waals surface area contributed by atoms with Gasteiger partial charge in [-0.3, -0.25) is 0 Å². The van der Waals surface area contributed by atoms with E-state index in [9.17, 15) is 0 Å². The molecular weight excluding hydrogens is 166 g/mol. The van der Waals surface area contributed by atoms with Gasteiger partial charge in [0.1, 0.15) is 0 Å². The minimum absolute atomic E-state index is 0.944. The van der Waals surface area contributed by atoms with E-state index in [-0.39, 0.29) is 0 Å². The third-order valence-corrected chi connectivity index (χ3v) is 1.11. The molecule has 0 atom stereocenters. The molecule has 1 aliphatic rings. The van der Waals surface area contributed by atoms with Gasteiger partial charge in [0, 0.05) is 0 Å². The number of quaternary nitrogens is 1. The number of carboxylic acids is 2. The van der Waals surface area contributed by atoms with Crippen molar-refractivity contribution in [3.63, 3.8) is 0 Å². The molecule has 1 saturated heterocycles. The van der Waals surface area contributed by atoms with Crippen LogP contribution in [0.2, 0.25) is 0 Å². The highest BCUT2D eigenvalue weighted by atomic mass is 16.5. The van der Waals surface area contributed by atoms with Crippen LogP contribution >= 0.6 is 0 Å². The van der Waals surface area contributed by atoms with E-state index in [0.717, 1.165) is 26.3 Å². The van der Waals surface area contributed by atoms with Gasteiger partial charge in [-0.05, 0) is 0 Å². The van der Waals surface area contributed by atoms with E-state index in [4.69, 9.17) is 24.5 Å². The molecule has 0 aromatic heterocycles. The highest BCUT2D eigenvalue weighted by molar-refractivity contribution is 6.26. The first-order chi connectivity index (χ1) is 5.64. The van der Waals surface area contributed by atoms with Gasteiger partial charge in [0.15, 0.2) is 5.97 Å². The van der Waals surface area contributed by atoms with Gasteiger partial charge >= 0.3 is 5.97 Å². The highest BCUT2D eigenvalue weighted by Crippen LogP contribution is 1.69. The first-order valence-electron chi connectivity index (χ1n) is 3.48.